The van der Waals surface area contributed by atoms with Gasteiger partial charge in [-0.05, 0) is 12.0 Å². The molecular weight excluding hydrogens is 384 g/mol. The van der Waals surface area contributed by atoms with Gasteiger partial charge in [-0.1, -0.05) is 30.3 Å². The number of nitrogens with one attached hydrogen (secondary N) is 2. The number of amides is 3. The molecule has 1 rings (SSSR count). The van der Waals surface area contributed by atoms with E-state index in [4.69, 9.17) is 16.6 Å². The molecule has 0 saturated heterocycles. The highest BCUT2D eigenvalue weighted by atomic mass is 16.4. The second kappa shape index (κ2) is 11.4. The molecule has 0 bridgehead atoms. The van der Waals surface area contributed by atoms with Crippen molar-refractivity contribution in [3.63, 3.8) is 0 Å². The zero-order chi connectivity index (χ0) is 22.0. The maximum Gasteiger partial charge on any atom is 0.326 e. The van der Waals surface area contributed by atoms with Crippen LogP contribution in [-0.4, -0.2) is 58.0 Å². The molecule has 0 saturated carbocycles. The molecule has 0 fully saturated rings. The van der Waals surface area contributed by atoms with Gasteiger partial charge in [0.15, 0.2) is 0 Å². The summed E-state index contributed by atoms with van der Waals surface area (Å²) in [5.74, 6) is -5.06. The van der Waals surface area contributed by atoms with Gasteiger partial charge in [0, 0.05) is 12.8 Å². The predicted molar refractivity (Wildman–Crippen MR) is 100 cm³/mol. The largest absolute Gasteiger partial charge is 0.481 e. The fourth-order valence-corrected chi connectivity index (χ4v) is 2.43. The summed E-state index contributed by atoms with van der Waals surface area (Å²) >= 11 is 0. The topological polar surface area (TPSA) is 202 Å². The summed E-state index contributed by atoms with van der Waals surface area (Å²) in [5.41, 5.74) is 11.2. The van der Waals surface area contributed by atoms with Gasteiger partial charge in [-0.3, -0.25) is 19.2 Å². The molecule has 3 amide bonds. The molecule has 1 aromatic carbocycles. The van der Waals surface area contributed by atoms with Gasteiger partial charge in [-0.15, -0.1) is 0 Å². The number of hydrogen-bond donors (Lipinski definition) is 6. The number of primary amides is 1. The first-order valence-electron chi connectivity index (χ1n) is 8.73. The number of nitrogens with two attached hydrogens (primary N) is 2. The molecule has 0 spiro atoms. The summed E-state index contributed by atoms with van der Waals surface area (Å²) in [7, 11) is 0. The first-order valence-corrected chi connectivity index (χ1v) is 8.73. The van der Waals surface area contributed by atoms with Crippen LogP contribution in [0.25, 0.3) is 0 Å². The van der Waals surface area contributed by atoms with Crippen molar-refractivity contribution in [2.45, 2.75) is 43.8 Å². The minimum Gasteiger partial charge on any atom is -0.481 e. The summed E-state index contributed by atoms with van der Waals surface area (Å²) in [5, 5.41) is 22.6. The quantitative estimate of drug-likeness (QED) is 0.236. The highest BCUT2D eigenvalue weighted by Gasteiger charge is 2.28. The molecule has 0 aliphatic rings. The Morgan fingerprint density at radius 1 is 0.931 bits per heavy atom. The first-order chi connectivity index (χ1) is 13.6. The van der Waals surface area contributed by atoms with Crippen LogP contribution in [0.2, 0.25) is 0 Å². The third-order valence-corrected chi connectivity index (χ3v) is 3.94. The summed E-state index contributed by atoms with van der Waals surface area (Å²) < 4.78 is 0. The van der Waals surface area contributed by atoms with Crippen LogP contribution in [0, 0.1) is 0 Å². The van der Waals surface area contributed by atoms with Crippen molar-refractivity contribution in [3.8, 4) is 0 Å². The second-order valence-electron chi connectivity index (χ2n) is 6.36. The van der Waals surface area contributed by atoms with E-state index < -0.39 is 54.2 Å². The SMILES string of the molecule is NC(=O)CCC(NC(=O)C(Cc1ccccc1)NC(=O)C(N)CC(=O)O)C(=O)O. The number of aliphatic carboxylic acids is 2. The van der Waals surface area contributed by atoms with Crippen molar-refractivity contribution in [2.24, 2.45) is 11.5 Å². The molecule has 29 heavy (non-hydrogen) atoms. The lowest BCUT2D eigenvalue weighted by Gasteiger charge is -2.22. The van der Waals surface area contributed by atoms with E-state index in [1.807, 2.05) is 0 Å². The third kappa shape index (κ3) is 8.84. The van der Waals surface area contributed by atoms with Crippen LogP contribution in [0.15, 0.2) is 30.3 Å². The lowest BCUT2D eigenvalue weighted by molar-refractivity contribution is -0.143. The van der Waals surface area contributed by atoms with E-state index in [1.54, 1.807) is 30.3 Å². The zero-order valence-electron chi connectivity index (χ0n) is 15.5. The average Bonchev–Trinajstić information content (AvgIpc) is 2.64. The van der Waals surface area contributed by atoms with Crippen molar-refractivity contribution in [2.75, 3.05) is 0 Å². The molecule has 8 N–H and O–H groups in total. The second-order valence-corrected chi connectivity index (χ2v) is 6.36. The lowest BCUT2D eigenvalue weighted by Crippen LogP contribution is -2.55. The molecule has 0 aliphatic carbocycles. The molecule has 11 nitrogen and oxygen atoms in total. The number of rotatable bonds is 12. The number of carbonyl (C=O) groups excluding carboxylic acids is 3. The van der Waals surface area contributed by atoms with Crippen molar-refractivity contribution in [1.82, 2.24) is 10.6 Å². The smallest absolute Gasteiger partial charge is 0.326 e. The van der Waals surface area contributed by atoms with E-state index in [9.17, 15) is 29.1 Å². The Hall–Kier alpha value is -3.47. The Bertz CT molecular complexity index is 754. The molecular formula is C18H24N4O7. The van der Waals surface area contributed by atoms with Gasteiger partial charge in [0.25, 0.3) is 0 Å². The lowest BCUT2D eigenvalue weighted by atomic mass is 10.0. The molecule has 158 valence electrons. The van der Waals surface area contributed by atoms with Crippen molar-refractivity contribution in [3.05, 3.63) is 35.9 Å². The third-order valence-electron chi connectivity index (χ3n) is 3.94. The molecule has 3 unspecified atom stereocenters. The Kier molecular flexibility index (Phi) is 9.26. The molecule has 0 heterocycles. The van der Waals surface area contributed by atoms with E-state index in [-0.39, 0.29) is 19.3 Å². The van der Waals surface area contributed by atoms with Crippen LogP contribution < -0.4 is 22.1 Å². The van der Waals surface area contributed by atoms with E-state index in [0.717, 1.165) is 0 Å². The number of hydrogen-bond acceptors (Lipinski definition) is 6. The molecule has 1 aromatic rings. The summed E-state index contributed by atoms with van der Waals surface area (Å²) in [6.07, 6.45) is -1.10. The molecule has 0 aliphatic heterocycles. The fraction of sp³-hybridized carbons (Fsp3) is 0.389. The van der Waals surface area contributed by atoms with Crippen LogP contribution in [-0.2, 0) is 30.4 Å². The standard InChI is InChI=1S/C18H24N4O7/c19-11(9-15(24)25)16(26)22-13(8-10-4-2-1-3-5-10)17(27)21-12(18(28)29)6-7-14(20)23/h1-5,11-13H,6-9,19H2,(H2,20,23)(H,21,27)(H,22,26)(H,24,25)(H,28,29). The van der Waals surface area contributed by atoms with Gasteiger partial charge in [-0.2, -0.15) is 0 Å². The number of carboxylic acids is 2. The predicted octanol–water partition coefficient (Wildman–Crippen LogP) is -1.65. The molecule has 3 atom stereocenters. The molecule has 0 radical (unpaired) electrons. The van der Waals surface area contributed by atoms with Gasteiger partial charge in [0.1, 0.15) is 12.1 Å². The van der Waals surface area contributed by atoms with Gasteiger partial charge < -0.3 is 32.3 Å². The van der Waals surface area contributed by atoms with E-state index in [1.165, 1.54) is 0 Å². The summed E-state index contributed by atoms with van der Waals surface area (Å²) in [6.45, 7) is 0. The fourth-order valence-electron chi connectivity index (χ4n) is 2.43. The van der Waals surface area contributed by atoms with Gasteiger partial charge >= 0.3 is 11.9 Å². The Morgan fingerprint density at radius 2 is 1.52 bits per heavy atom. The maximum absolute atomic E-state index is 12.6. The van der Waals surface area contributed by atoms with Crippen LogP contribution >= 0.6 is 0 Å². The van der Waals surface area contributed by atoms with E-state index in [2.05, 4.69) is 10.6 Å². The number of carbonyl (C=O) groups is 5. The minimum atomic E-state index is -1.39. The van der Waals surface area contributed by atoms with Crippen LogP contribution in [0.5, 0.6) is 0 Å². The summed E-state index contributed by atoms with van der Waals surface area (Å²) in [6, 6.07) is 4.60. The number of carboxylic acid groups (broad SMARTS) is 2. The number of benzene rings is 1. The van der Waals surface area contributed by atoms with Crippen molar-refractivity contribution >= 4 is 29.7 Å². The first kappa shape index (κ1) is 23.6. The molecule has 11 heteroatoms. The van der Waals surface area contributed by atoms with Crippen LogP contribution in [0.4, 0.5) is 0 Å². The van der Waals surface area contributed by atoms with E-state index >= 15 is 0 Å². The Morgan fingerprint density at radius 3 is 2.03 bits per heavy atom. The Balaban J connectivity index is 2.94. The highest BCUT2D eigenvalue weighted by Crippen LogP contribution is 2.06. The van der Waals surface area contributed by atoms with Gasteiger partial charge in [0.2, 0.25) is 17.7 Å². The average molecular weight is 408 g/mol. The maximum atomic E-state index is 12.6. The Labute approximate surface area is 166 Å². The van der Waals surface area contributed by atoms with Crippen LogP contribution in [0.3, 0.4) is 0 Å². The van der Waals surface area contributed by atoms with Crippen molar-refractivity contribution < 1.29 is 34.2 Å². The monoisotopic (exact) mass is 408 g/mol. The van der Waals surface area contributed by atoms with E-state index in [0.29, 0.717) is 5.56 Å². The van der Waals surface area contributed by atoms with Gasteiger partial charge in [-0.25, -0.2) is 4.79 Å². The van der Waals surface area contributed by atoms with Gasteiger partial charge in [0.05, 0.1) is 12.5 Å². The zero-order valence-corrected chi connectivity index (χ0v) is 15.5. The van der Waals surface area contributed by atoms with Crippen LogP contribution in [0.1, 0.15) is 24.8 Å². The minimum absolute atomic E-state index is 0.0142. The normalized spacial score (nSPS) is 13.6. The van der Waals surface area contributed by atoms with Crippen molar-refractivity contribution in [1.29, 1.82) is 0 Å². The summed E-state index contributed by atoms with van der Waals surface area (Å²) in [4.78, 5) is 57.8. The molecule has 0 aromatic heterocycles. The highest BCUT2D eigenvalue weighted by molar-refractivity contribution is 5.93.